The largest absolute Gasteiger partial charge is 0.497 e. The lowest BCUT2D eigenvalue weighted by molar-refractivity contribution is 0.415. The smallest absolute Gasteiger partial charge is 0.118 e. The van der Waals surface area contributed by atoms with Crippen molar-refractivity contribution in [3.63, 3.8) is 0 Å². The molecule has 0 aliphatic rings. The van der Waals surface area contributed by atoms with Crippen molar-refractivity contribution < 1.29 is 4.74 Å². The van der Waals surface area contributed by atoms with E-state index in [2.05, 4.69) is 43.9 Å². The number of rotatable bonds is 4. The molecule has 0 aliphatic heterocycles. The lowest BCUT2D eigenvalue weighted by Crippen LogP contribution is -2.21. The highest BCUT2D eigenvalue weighted by atomic mass is 28.3. The molecule has 1 nitrogen and oxygen atoms in total. The topological polar surface area (TPSA) is 9.23 Å². The third kappa shape index (κ3) is 3.15. The van der Waals surface area contributed by atoms with Gasteiger partial charge in [-0.15, -0.1) is 0 Å². The van der Waals surface area contributed by atoms with E-state index in [1.54, 1.807) is 7.11 Å². The molecule has 0 unspecified atom stereocenters. The van der Waals surface area contributed by atoms with Crippen molar-refractivity contribution in [2.24, 2.45) is 0 Å². The normalized spacial score (nSPS) is 10.5. The number of methoxy groups -OCH3 is 1. The molecule has 0 N–H and O–H groups in total. The quantitative estimate of drug-likeness (QED) is 0.767. The van der Waals surface area contributed by atoms with E-state index in [0.717, 1.165) is 16.9 Å². The highest BCUT2D eigenvalue weighted by Crippen LogP contribution is 2.23. The van der Waals surface area contributed by atoms with Gasteiger partial charge in [0.1, 0.15) is 5.75 Å². The monoisotopic (exact) mass is 267 g/mol. The Kier molecular flexibility index (Phi) is 4.22. The molecule has 0 heterocycles. The van der Waals surface area contributed by atoms with Gasteiger partial charge in [-0.3, -0.25) is 0 Å². The Morgan fingerprint density at radius 2 is 1.37 bits per heavy atom. The average Bonchev–Trinajstić information content (AvgIpc) is 2.46. The van der Waals surface area contributed by atoms with E-state index in [1.807, 2.05) is 24.3 Å². The summed E-state index contributed by atoms with van der Waals surface area (Å²) in [5.41, 5.74) is 3.36. The van der Waals surface area contributed by atoms with E-state index in [0.29, 0.717) is 0 Å². The first-order valence-corrected chi connectivity index (χ1v) is 8.86. The second-order valence-electron chi connectivity index (χ2n) is 4.78. The molecule has 19 heavy (non-hydrogen) atoms. The van der Waals surface area contributed by atoms with Crippen LogP contribution in [0.2, 0.25) is 13.1 Å². The lowest BCUT2D eigenvalue weighted by Gasteiger charge is -2.09. The third-order valence-electron chi connectivity index (χ3n) is 3.25. The van der Waals surface area contributed by atoms with E-state index in [-0.39, 0.29) is 8.80 Å². The van der Waals surface area contributed by atoms with Crippen LogP contribution in [0.3, 0.4) is 0 Å². The molecule has 2 aromatic carbocycles. The molecular weight excluding hydrogens is 248 g/mol. The van der Waals surface area contributed by atoms with Crippen LogP contribution in [0, 0.1) is 0 Å². The number of ether oxygens (including phenoxy) is 1. The van der Waals surface area contributed by atoms with Gasteiger partial charge in [0, 0.05) is 0 Å². The van der Waals surface area contributed by atoms with Crippen molar-refractivity contribution in [1.82, 2.24) is 0 Å². The average molecular weight is 267 g/mol. The number of benzene rings is 2. The van der Waals surface area contributed by atoms with Crippen LogP contribution >= 0.6 is 0 Å². The Bertz CT molecular complexity index is 553. The minimum absolute atomic E-state index is 0.373. The van der Waals surface area contributed by atoms with Gasteiger partial charge in [0.05, 0.1) is 15.9 Å². The third-order valence-corrected chi connectivity index (χ3v) is 4.74. The van der Waals surface area contributed by atoms with Crippen molar-refractivity contribution >= 4 is 19.6 Å². The Morgan fingerprint density at radius 1 is 0.895 bits per heavy atom. The standard InChI is InChI=1S/C17H19OSi/c1-13(14-5-9-16(18-2)10-6-14)15-7-11-17(12-8-15)19(3)4/h5-12H,1H2,2-4H3. The van der Waals surface area contributed by atoms with E-state index in [1.165, 1.54) is 10.8 Å². The summed E-state index contributed by atoms with van der Waals surface area (Å²) in [7, 11) is 1.30. The van der Waals surface area contributed by atoms with Gasteiger partial charge in [-0.05, 0) is 28.8 Å². The second kappa shape index (κ2) is 5.89. The van der Waals surface area contributed by atoms with Crippen LogP contribution in [0.5, 0.6) is 5.75 Å². The highest BCUT2D eigenvalue weighted by molar-refractivity contribution is 6.70. The molecule has 0 aliphatic carbocycles. The lowest BCUT2D eigenvalue weighted by atomic mass is 10.00. The van der Waals surface area contributed by atoms with Crippen molar-refractivity contribution in [2.75, 3.05) is 7.11 Å². The van der Waals surface area contributed by atoms with Crippen LogP contribution < -0.4 is 9.92 Å². The molecular formula is C17H19OSi. The predicted molar refractivity (Wildman–Crippen MR) is 84.7 cm³/mol. The number of hydrogen-bond acceptors (Lipinski definition) is 1. The summed E-state index contributed by atoms with van der Waals surface area (Å²) in [6.45, 7) is 8.80. The molecule has 0 saturated heterocycles. The van der Waals surface area contributed by atoms with E-state index < -0.39 is 0 Å². The Hall–Kier alpha value is -1.80. The molecule has 0 atom stereocenters. The van der Waals surface area contributed by atoms with Gasteiger partial charge in [0.15, 0.2) is 0 Å². The minimum atomic E-state index is -0.373. The summed E-state index contributed by atoms with van der Waals surface area (Å²) in [4.78, 5) is 0. The summed E-state index contributed by atoms with van der Waals surface area (Å²) in [5.74, 6) is 0.871. The van der Waals surface area contributed by atoms with Crippen molar-refractivity contribution in [3.05, 3.63) is 66.2 Å². The second-order valence-corrected chi connectivity index (χ2v) is 7.36. The van der Waals surface area contributed by atoms with Crippen LogP contribution in [0.25, 0.3) is 5.57 Å². The number of hydrogen-bond donors (Lipinski definition) is 0. The van der Waals surface area contributed by atoms with Crippen LogP contribution in [0.15, 0.2) is 55.1 Å². The zero-order valence-electron chi connectivity index (χ0n) is 11.7. The van der Waals surface area contributed by atoms with Crippen molar-refractivity contribution in [3.8, 4) is 5.75 Å². The summed E-state index contributed by atoms with van der Waals surface area (Å²) in [6, 6.07) is 16.8. The van der Waals surface area contributed by atoms with E-state index in [9.17, 15) is 0 Å². The van der Waals surface area contributed by atoms with Gasteiger partial charge in [-0.1, -0.05) is 61.3 Å². The fourth-order valence-corrected chi connectivity index (χ4v) is 2.80. The summed E-state index contributed by atoms with van der Waals surface area (Å²) < 4.78 is 5.17. The molecule has 0 fully saturated rings. The summed E-state index contributed by atoms with van der Waals surface area (Å²) >= 11 is 0. The maximum Gasteiger partial charge on any atom is 0.118 e. The first-order chi connectivity index (χ1) is 9.11. The van der Waals surface area contributed by atoms with Gasteiger partial charge in [0.2, 0.25) is 0 Å². The summed E-state index contributed by atoms with van der Waals surface area (Å²) in [6.07, 6.45) is 0. The molecule has 1 radical (unpaired) electrons. The molecule has 97 valence electrons. The fraction of sp³-hybridized carbons (Fsp3) is 0.176. The highest BCUT2D eigenvalue weighted by Gasteiger charge is 2.05. The predicted octanol–water partition coefficient (Wildman–Crippen LogP) is 3.72. The van der Waals surface area contributed by atoms with Crippen molar-refractivity contribution in [2.45, 2.75) is 13.1 Å². The zero-order valence-corrected chi connectivity index (χ0v) is 12.7. The first-order valence-electron chi connectivity index (χ1n) is 6.36. The van der Waals surface area contributed by atoms with Crippen molar-refractivity contribution in [1.29, 1.82) is 0 Å². The van der Waals surface area contributed by atoms with Crippen LogP contribution in [-0.2, 0) is 0 Å². The molecule has 0 spiro atoms. The molecule has 2 aromatic rings. The van der Waals surface area contributed by atoms with E-state index >= 15 is 0 Å². The maximum absolute atomic E-state index is 5.17. The van der Waals surface area contributed by atoms with Crippen LogP contribution in [-0.4, -0.2) is 15.9 Å². The molecule has 0 saturated carbocycles. The Balaban J connectivity index is 2.22. The molecule has 0 amide bonds. The Labute approximate surface area is 117 Å². The van der Waals surface area contributed by atoms with Gasteiger partial charge in [0.25, 0.3) is 0 Å². The molecule has 0 bridgehead atoms. The first kappa shape index (κ1) is 13.6. The minimum Gasteiger partial charge on any atom is -0.497 e. The molecule has 0 aromatic heterocycles. The van der Waals surface area contributed by atoms with Gasteiger partial charge >= 0.3 is 0 Å². The Morgan fingerprint density at radius 3 is 1.79 bits per heavy atom. The summed E-state index contributed by atoms with van der Waals surface area (Å²) in [5, 5.41) is 1.45. The van der Waals surface area contributed by atoms with Gasteiger partial charge in [-0.2, -0.15) is 0 Å². The molecule has 2 heteroatoms. The van der Waals surface area contributed by atoms with Crippen LogP contribution in [0.4, 0.5) is 0 Å². The van der Waals surface area contributed by atoms with Gasteiger partial charge in [-0.25, -0.2) is 0 Å². The maximum atomic E-state index is 5.17. The molecule has 2 rings (SSSR count). The van der Waals surface area contributed by atoms with Gasteiger partial charge < -0.3 is 4.74 Å². The fourth-order valence-electron chi connectivity index (χ4n) is 1.96. The van der Waals surface area contributed by atoms with E-state index in [4.69, 9.17) is 4.74 Å². The van der Waals surface area contributed by atoms with Crippen LogP contribution in [0.1, 0.15) is 11.1 Å². The zero-order chi connectivity index (χ0) is 13.8. The SMILES string of the molecule is C=C(c1ccc(OC)cc1)c1ccc([Si](C)C)cc1.